The van der Waals surface area contributed by atoms with Gasteiger partial charge in [0.15, 0.2) is 0 Å². The molecular weight excluding hydrogens is 590 g/mol. The number of amides is 1. The highest BCUT2D eigenvalue weighted by Gasteiger charge is 2.19. The van der Waals surface area contributed by atoms with E-state index in [4.69, 9.17) is 16.3 Å². The third-order valence-corrected chi connectivity index (χ3v) is 7.42. The number of nitrogens with zero attached hydrogens (tertiary/aromatic N) is 7. The lowest BCUT2D eigenvalue weighted by molar-refractivity contribution is -0.571. The van der Waals surface area contributed by atoms with E-state index < -0.39 is 0 Å². The monoisotopic (exact) mass is 652 g/mol. The molecule has 4 N–H and O–H groups in total. The Morgan fingerprint density at radius 2 is 1.15 bits per heavy atom. The van der Waals surface area contributed by atoms with Gasteiger partial charge in [-0.05, 0) is 34.1 Å². The van der Waals surface area contributed by atoms with Crippen molar-refractivity contribution in [2.45, 2.75) is 42.0 Å². The Kier molecular flexibility index (Phi) is 20.8. The van der Waals surface area contributed by atoms with Crippen molar-refractivity contribution >= 4 is 34.9 Å². The van der Waals surface area contributed by atoms with Crippen LogP contribution in [0.4, 0.5) is 11.4 Å². The van der Waals surface area contributed by atoms with Crippen molar-refractivity contribution in [3.63, 3.8) is 0 Å². The van der Waals surface area contributed by atoms with Crippen LogP contribution in [0, 0.1) is 5.92 Å². The number of Topliss-reactive ketones (excluding diaryl/α,β-unsaturated/α-hetero) is 1. The van der Waals surface area contributed by atoms with Crippen molar-refractivity contribution in [1.82, 2.24) is 29.6 Å². The van der Waals surface area contributed by atoms with Gasteiger partial charge in [0, 0.05) is 85.5 Å². The summed E-state index contributed by atoms with van der Waals surface area (Å²) in [5, 5.41) is 1.75. The van der Waals surface area contributed by atoms with Gasteiger partial charge in [-0.1, -0.05) is 21.3 Å². The van der Waals surface area contributed by atoms with Gasteiger partial charge in [-0.2, -0.15) is 0 Å². The normalized spacial score (nSPS) is 18.0. The fraction of sp³-hybridized carbons (Fsp3) is 0.719. The molecule has 3 fully saturated rings. The summed E-state index contributed by atoms with van der Waals surface area (Å²) < 4.78 is 1.35. The van der Waals surface area contributed by atoms with Crippen LogP contribution in [0.15, 0.2) is 18.5 Å². The number of piperazine rings is 3. The summed E-state index contributed by atoms with van der Waals surface area (Å²) in [6.45, 7) is 20.7. The zero-order valence-electron chi connectivity index (χ0n) is 28.8. The van der Waals surface area contributed by atoms with Gasteiger partial charge in [0.1, 0.15) is 5.78 Å². The van der Waals surface area contributed by atoms with Crippen LogP contribution in [0.2, 0.25) is 0 Å². The minimum Gasteiger partial charge on any atom is -0.394 e. The smallest absolute Gasteiger partial charge is 0.389 e. The topological polar surface area (TPSA) is 153 Å². The molecule has 14 heteroatoms. The number of nitrogens with two attached hydrogens (primary N) is 2. The number of carbonyl (C=O) groups is 4. The molecule has 3 aliphatic rings. The summed E-state index contributed by atoms with van der Waals surface area (Å²) in [6, 6.07) is 1.60. The van der Waals surface area contributed by atoms with Gasteiger partial charge in [-0.3, -0.25) is 19.3 Å². The van der Waals surface area contributed by atoms with E-state index in [1.54, 1.807) is 25.0 Å². The van der Waals surface area contributed by atoms with Gasteiger partial charge in [0.25, 0.3) is 0 Å². The number of pyridine rings is 1. The number of rotatable bonds is 4. The molecule has 1 amide bonds. The molecule has 4 rings (SSSR count). The fourth-order valence-electron chi connectivity index (χ4n) is 4.36. The molecule has 0 aliphatic carbocycles. The van der Waals surface area contributed by atoms with E-state index in [1.807, 2.05) is 18.7 Å². The molecule has 3 saturated heterocycles. The summed E-state index contributed by atoms with van der Waals surface area (Å²) in [5.41, 5.74) is 11.9. The average Bonchev–Trinajstić information content (AvgIpc) is 2.96. The Hall–Kier alpha value is -3.17. The number of nitrogen functional groups attached to an aromatic ring is 2. The minimum atomic E-state index is -0.135. The molecule has 0 unspecified atom stereocenters. The predicted molar refractivity (Wildman–Crippen MR) is 183 cm³/mol. The van der Waals surface area contributed by atoms with Crippen LogP contribution in [0.1, 0.15) is 46.8 Å². The number of likely N-dealkylation sites (N-methyl/N-ethyl adjacent to an activating group) is 3. The van der Waals surface area contributed by atoms with Crippen LogP contribution in [0.25, 0.3) is 0 Å². The van der Waals surface area contributed by atoms with Crippen molar-refractivity contribution in [3.8, 4) is 0 Å². The number of hydrogen-bond acceptors (Lipinski definition) is 12. The van der Waals surface area contributed by atoms with Gasteiger partial charge < -0.3 is 35.9 Å². The van der Waals surface area contributed by atoms with Gasteiger partial charge >= 0.3 is 11.9 Å². The first-order valence-electron chi connectivity index (χ1n) is 15.6. The molecule has 0 bridgehead atoms. The molecule has 0 radical (unpaired) electrons. The Bertz CT molecular complexity index is 1040. The van der Waals surface area contributed by atoms with Crippen molar-refractivity contribution in [2.24, 2.45) is 5.92 Å². The van der Waals surface area contributed by atoms with E-state index in [1.165, 1.54) is 23.9 Å². The van der Waals surface area contributed by atoms with Crippen LogP contribution in [-0.2, 0) is 19.2 Å². The summed E-state index contributed by atoms with van der Waals surface area (Å²) in [6.07, 6.45) is 3.05. The zero-order valence-corrected chi connectivity index (χ0v) is 28.8. The highest BCUT2D eigenvalue weighted by Crippen LogP contribution is 2.04. The fourth-order valence-corrected chi connectivity index (χ4v) is 4.36. The first-order chi connectivity index (χ1) is 21.1. The van der Waals surface area contributed by atoms with E-state index in [2.05, 4.69) is 40.7 Å². The maximum atomic E-state index is 11.2. The molecule has 0 saturated carbocycles. The van der Waals surface area contributed by atoms with Gasteiger partial charge in [-0.15, -0.1) is 9.63 Å². The highest BCUT2D eigenvalue weighted by molar-refractivity contribution is 5.77. The third kappa shape index (κ3) is 18.7. The van der Waals surface area contributed by atoms with Crippen molar-refractivity contribution in [2.75, 3.05) is 118 Å². The predicted octanol–water partition coefficient (Wildman–Crippen LogP) is 0.386. The Morgan fingerprint density at radius 3 is 1.52 bits per heavy atom. The number of carbonyl (C=O) groups excluding carboxylic acids is 4. The second-order valence-electron chi connectivity index (χ2n) is 12.2. The van der Waals surface area contributed by atoms with Gasteiger partial charge in [-0.25, -0.2) is 4.79 Å². The first kappa shape index (κ1) is 42.8. The van der Waals surface area contributed by atoms with Crippen LogP contribution in [-0.4, -0.2) is 159 Å². The lowest BCUT2D eigenvalue weighted by atomic mass is 10.2. The standard InChI is InChI=1S/C9H18N2O2.C8H16N2O.C7H10N3O.C7H14N2O.CH4/c1-8(2)9(12)13-11-6-4-10(3)5-7-11;1-8(11)7-10-5-3-9(2)4-6-10;1-5(11)10-3-6(8)2-7(9)4-10;1-7(10)9-5-3-8(2)4-6-9;/h8H,4-7H2,1-3H3;3-7H2,1-2H3;2-4H,8-9H2,1H3;3-6H2,1-2H3;1H4/q;;+1;;. The van der Waals surface area contributed by atoms with Crippen molar-refractivity contribution in [3.05, 3.63) is 18.5 Å². The van der Waals surface area contributed by atoms with E-state index in [0.29, 0.717) is 17.9 Å². The zero-order chi connectivity index (χ0) is 34.1. The van der Waals surface area contributed by atoms with Crippen LogP contribution in [0.3, 0.4) is 0 Å². The molecular formula is C32H62N9O5+. The molecule has 0 atom stereocenters. The van der Waals surface area contributed by atoms with Crippen LogP contribution >= 0.6 is 0 Å². The molecule has 3 aliphatic heterocycles. The molecule has 46 heavy (non-hydrogen) atoms. The summed E-state index contributed by atoms with van der Waals surface area (Å²) in [5.74, 6) is 0.191. The Labute approximate surface area is 277 Å². The first-order valence-corrected chi connectivity index (χ1v) is 15.6. The number of hydrogen-bond donors (Lipinski definition) is 2. The van der Waals surface area contributed by atoms with Crippen LogP contribution in [0.5, 0.6) is 0 Å². The number of hydroxylamine groups is 2. The molecule has 14 nitrogen and oxygen atoms in total. The number of ketones is 1. The summed E-state index contributed by atoms with van der Waals surface area (Å²) >= 11 is 0. The lowest BCUT2D eigenvalue weighted by Crippen LogP contribution is -2.46. The quantitative estimate of drug-likeness (QED) is 0.433. The molecule has 264 valence electrons. The molecule has 4 heterocycles. The SMILES string of the molecule is C.CC(=O)CN1CCN(C)CC1.CC(=O)N1CCN(C)CC1.CC(=O)[n+]1cc(N)cc(N)c1.CC(C)C(=O)ON1CCN(C)CC1. The maximum absolute atomic E-state index is 11.2. The summed E-state index contributed by atoms with van der Waals surface area (Å²) in [7, 11) is 6.27. The highest BCUT2D eigenvalue weighted by atomic mass is 16.7. The van der Waals surface area contributed by atoms with Crippen molar-refractivity contribution in [1.29, 1.82) is 0 Å². The molecule has 0 aromatic carbocycles. The van der Waals surface area contributed by atoms with Crippen LogP contribution < -0.4 is 16.0 Å². The second kappa shape index (κ2) is 22.4. The van der Waals surface area contributed by atoms with Gasteiger partial charge in [0.05, 0.1) is 30.8 Å². The number of anilines is 2. The molecule has 1 aromatic heterocycles. The Balaban J connectivity index is 0.000000585. The maximum Gasteiger partial charge on any atom is 0.389 e. The summed E-state index contributed by atoms with van der Waals surface area (Å²) in [4.78, 5) is 59.6. The average molecular weight is 653 g/mol. The Morgan fingerprint density at radius 1 is 0.739 bits per heavy atom. The van der Waals surface area contributed by atoms with E-state index in [-0.39, 0.29) is 36.9 Å². The molecule has 0 spiro atoms. The van der Waals surface area contributed by atoms with E-state index in [0.717, 1.165) is 78.5 Å². The van der Waals surface area contributed by atoms with Crippen molar-refractivity contribution < 1.29 is 28.6 Å². The third-order valence-electron chi connectivity index (χ3n) is 7.42. The van der Waals surface area contributed by atoms with Gasteiger partial charge in [0.2, 0.25) is 18.3 Å². The minimum absolute atomic E-state index is 0. The lowest BCUT2D eigenvalue weighted by Gasteiger charge is -2.31. The van der Waals surface area contributed by atoms with E-state index >= 15 is 0 Å². The second-order valence-corrected chi connectivity index (χ2v) is 12.2. The van der Waals surface area contributed by atoms with E-state index in [9.17, 15) is 19.2 Å². The largest absolute Gasteiger partial charge is 0.394 e. The molecule has 1 aromatic rings. The number of aromatic nitrogens is 1.